The fourth-order valence-corrected chi connectivity index (χ4v) is 3.77. The van der Waals surface area contributed by atoms with E-state index < -0.39 is 20.4 Å². The number of sulfone groups is 1. The summed E-state index contributed by atoms with van der Waals surface area (Å²) in [4.78, 5) is 10.4. The van der Waals surface area contributed by atoms with E-state index in [0.29, 0.717) is 0 Å². The van der Waals surface area contributed by atoms with Gasteiger partial charge in [-0.15, -0.1) is 11.6 Å². The van der Waals surface area contributed by atoms with Crippen molar-refractivity contribution in [3.63, 3.8) is 0 Å². The van der Waals surface area contributed by atoms with Gasteiger partial charge in [0, 0.05) is 11.9 Å². The maximum atomic E-state index is 12.2. The summed E-state index contributed by atoms with van der Waals surface area (Å²) in [6.07, 6.45) is 0.239. The van der Waals surface area contributed by atoms with Crippen molar-refractivity contribution < 1.29 is 13.3 Å². The molecular formula is C10H16ClN3O4S. The first kappa shape index (κ1) is 15.9. The molecule has 1 rings (SSSR count). The molecule has 0 aromatic carbocycles. The minimum absolute atomic E-state index is 0.100. The summed E-state index contributed by atoms with van der Waals surface area (Å²) < 4.78 is 25.7. The summed E-state index contributed by atoms with van der Waals surface area (Å²) >= 11 is 5.48. The third-order valence-corrected chi connectivity index (χ3v) is 4.59. The lowest BCUT2D eigenvalue weighted by Gasteiger charge is -2.10. The van der Waals surface area contributed by atoms with Crippen LogP contribution >= 0.6 is 11.6 Å². The molecule has 9 heteroatoms. The molecule has 108 valence electrons. The zero-order valence-electron chi connectivity index (χ0n) is 11.0. The van der Waals surface area contributed by atoms with Gasteiger partial charge in [-0.3, -0.25) is 10.1 Å². The predicted octanol–water partition coefficient (Wildman–Crippen LogP) is 2.08. The number of nitrogens with zero attached hydrogens (tertiary/aromatic N) is 3. The van der Waals surface area contributed by atoms with Crippen LogP contribution in [0.2, 0.25) is 0 Å². The van der Waals surface area contributed by atoms with Gasteiger partial charge in [-0.2, -0.15) is 5.10 Å². The monoisotopic (exact) mass is 309 g/mol. The van der Waals surface area contributed by atoms with E-state index in [1.54, 1.807) is 13.8 Å². The molecule has 0 aliphatic carbocycles. The second kappa shape index (κ2) is 5.87. The SMILES string of the molecule is Cc1nn(C(C)C)c(S(=O)(=O)CCCCl)c1[N+](=O)[O-]. The molecule has 0 saturated carbocycles. The van der Waals surface area contributed by atoms with Crippen LogP contribution in [-0.2, 0) is 9.84 Å². The van der Waals surface area contributed by atoms with Crippen LogP contribution in [0.4, 0.5) is 5.69 Å². The van der Waals surface area contributed by atoms with E-state index in [0.717, 1.165) is 0 Å². The van der Waals surface area contributed by atoms with Crippen molar-refractivity contribution in [2.75, 3.05) is 11.6 Å². The highest BCUT2D eigenvalue weighted by Gasteiger charge is 2.35. The molecule has 7 nitrogen and oxygen atoms in total. The molecule has 0 atom stereocenters. The standard InChI is InChI=1S/C10H16ClN3O4S/c1-7(2)13-10(19(17,18)6-4-5-11)9(14(15)16)8(3)12-13/h7H,4-6H2,1-3H3. The number of aromatic nitrogens is 2. The molecule has 0 fully saturated rings. The van der Waals surface area contributed by atoms with Crippen LogP contribution in [0.15, 0.2) is 5.03 Å². The minimum atomic E-state index is -3.78. The predicted molar refractivity (Wildman–Crippen MR) is 71.4 cm³/mol. The van der Waals surface area contributed by atoms with Gasteiger partial charge in [0.25, 0.3) is 0 Å². The summed E-state index contributed by atoms with van der Waals surface area (Å²) in [7, 11) is -3.78. The zero-order chi connectivity index (χ0) is 14.8. The first-order chi connectivity index (χ1) is 8.72. The van der Waals surface area contributed by atoms with Gasteiger partial charge >= 0.3 is 5.69 Å². The van der Waals surface area contributed by atoms with Gasteiger partial charge in [0.1, 0.15) is 5.69 Å². The van der Waals surface area contributed by atoms with Crippen LogP contribution in [-0.4, -0.2) is 34.8 Å². The summed E-state index contributed by atoms with van der Waals surface area (Å²) in [5.74, 6) is -0.0446. The van der Waals surface area contributed by atoms with Gasteiger partial charge in [-0.1, -0.05) is 0 Å². The summed E-state index contributed by atoms with van der Waals surface area (Å²) in [6, 6.07) is -0.284. The molecule has 0 aliphatic rings. The first-order valence-corrected chi connectivity index (χ1v) is 7.93. The van der Waals surface area contributed by atoms with Gasteiger partial charge in [0.15, 0.2) is 0 Å². The molecule has 19 heavy (non-hydrogen) atoms. The fraction of sp³-hybridized carbons (Fsp3) is 0.700. The van der Waals surface area contributed by atoms with Crippen molar-refractivity contribution in [1.29, 1.82) is 0 Å². The number of halogens is 1. The Morgan fingerprint density at radius 3 is 2.47 bits per heavy atom. The van der Waals surface area contributed by atoms with Crippen LogP contribution in [0, 0.1) is 17.0 Å². The Labute approximate surface area is 116 Å². The van der Waals surface area contributed by atoms with E-state index in [-0.39, 0.29) is 34.8 Å². The van der Waals surface area contributed by atoms with Gasteiger partial charge in [0.05, 0.1) is 10.7 Å². The molecule has 0 radical (unpaired) electrons. The summed E-state index contributed by atoms with van der Waals surface area (Å²) in [5.41, 5.74) is -0.341. The molecular weight excluding hydrogens is 294 g/mol. The lowest BCUT2D eigenvalue weighted by atomic mass is 10.4. The molecule has 1 aromatic heterocycles. The van der Waals surface area contributed by atoms with Crippen LogP contribution in [0.25, 0.3) is 0 Å². The van der Waals surface area contributed by atoms with Crippen LogP contribution in [0.3, 0.4) is 0 Å². The van der Waals surface area contributed by atoms with E-state index in [9.17, 15) is 18.5 Å². The second-order valence-corrected chi connectivity index (χ2v) is 6.80. The van der Waals surface area contributed by atoms with E-state index in [1.165, 1.54) is 11.6 Å². The fourth-order valence-electron chi connectivity index (χ4n) is 1.71. The van der Waals surface area contributed by atoms with Crippen molar-refractivity contribution in [1.82, 2.24) is 9.78 Å². The molecule has 0 spiro atoms. The maximum Gasteiger partial charge on any atom is 0.328 e. The maximum absolute atomic E-state index is 12.2. The van der Waals surface area contributed by atoms with Crippen LogP contribution in [0.5, 0.6) is 0 Å². The summed E-state index contributed by atoms with van der Waals surface area (Å²) in [6.45, 7) is 4.87. The summed E-state index contributed by atoms with van der Waals surface area (Å²) in [5, 5.41) is 14.7. The molecule has 0 unspecified atom stereocenters. The van der Waals surface area contributed by atoms with Crippen LogP contribution < -0.4 is 0 Å². The van der Waals surface area contributed by atoms with Crippen molar-refractivity contribution in [3.05, 3.63) is 15.8 Å². The lowest BCUT2D eigenvalue weighted by Crippen LogP contribution is -2.17. The van der Waals surface area contributed by atoms with E-state index >= 15 is 0 Å². The largest absolute Gasteiger partial charge is 0.328 e. The number of hydrogen-bond acceptors (Lipinski definition) is 5. The molecule has 0 aliphatic heterocycles. The number of aryl methyl sites for hydroxylation is 1. The molecule has 0 amide bonds. The number of alkyl halides is 1. The average molecular weight is 310 g/mol. The van der Waals surface area contributed by atoms with Crippen molar-refractivity contribution in [2.24, 2.45) is 0 Å². The van der Waals surface area contributed by atoms with Crippen molar-refractivity contribution >= 4 is 27.1 Å². The Balaban J connectivity index is 3.50. The third-order valence-electron chi connectivity index (χ3n) is 2.52. The number of hydrogen-bond donors (Lipinski definition) is 0. The van der Waals surface area contributed by atoms with Crippen LogP contribution in [0.1, 0.15) is 32.0 Å². The Bertz CT molecular complexity index is 580. The van der Waals surface area contributed by atoms with Crippen molar-refractivity contribution in [2.45, 2.75) is 38.3 Å². The van der Waals surface area contributed by atoms with Gasteiger partial charge < -0.3 is 0 Å². The molecule has 0 bridgehead atoms. The Hall–Kier alpha value is -1.15. The number of rotatable bonds is 6. The molecule has 1 aromatic rings. The van der Waals surface area contributed by atoms with Gasteiger partial charge in [0.2, 0.25) is 14.9 Å². The minimum Gasteiger partial charge on any atom is -0.258 e. The molecule has 0 saturated heterocycles. The highest BCUT2D eigenvalue weighted by Crippen LogP contribution is 2.30. The van der Waals surface area contributed by atoms with Crippen molar-refractivity contribution in [3.8, 4) is 0 Å². The zero-order valence-corrected chi connectivity index (χ0v) is 12.5. The van der Waals surface area contributed by atoms with E-state index in [2.05, 4.69) is 5.10 Å². The smallest absolute Gasteiger partial charge is 0.258 e. The highest BCUT2D eigenvalue weighted by atomic mass is 35.5. The molecule has 0 N–H and O–H groups in total. The Morgan fingerprint density at radius 1 is 1.47 bits per heavy atom. The van der Waals surface area contributed by atoms with E-state index in [1.807, 2.05) is 0 Å². The lowest BCUT2D eigenvalue weighted by molar-refractivity contribution is -0.388. The Morgan fingerprint density at radius 2 is 2.05 bits per heavy atom. The topological polar surface area (TPSA) is 95.1 Å². The normalized spacial score (nSPS) is 12.1. The third kappa shape index (κ3) is 3.24. The second-order valence-electron chi connectivity index (χ2n) is 4.40. The Kier molecular flexibility index (Phi) is 4.92. The molecule has 1 heterocycles. The number of nitro groups is 1. The van der Waals surface area contributed by atoms with Gasteiger partial charge in [-0.25, -0.2) is 13.1 Å². The first-order valence-electron chi connectivity index (χ1n) is 5.74. The quantitative estimate of drug-likeness (QED) is 0.455. The van der Waals surface area contributed by atoms with Gasteiger partial charge in [-0.05, 0) is 27.2 Å². The average Bonchev–Trinajstić information content (AvgIpc) is 2.65. The highest BCUT2D eigenvalue weighted by molar-refractivity contribution is 7.91. The van der Waals surface area contributed by atoms with E-state index in [4.69, 9.17) is 11.6 Å².